The zero-order valence-electron chi connectivity index (χ0n) is 11.9. The number of likely N-dealkylation sites (tertiary alicyclic amines) is 1. The average molecular weight is 298 g/mol. The molecule has 106 valence electrons. The predicted octanol–water partition coefficient (Wildman–Crippen LogP) is 3.72. The van der Waals surface area contributed by atoms with Crippen molar-refractivity contribution in [2.45, 2.75) is 62.1 Å². The summed E-state index contributed by atoms with van der Waals surface area (Å²) in [7, 11) is 0. The summed E-state index contributed by atoms with van der Waals surface area (Å²) in [5.74, 6) is 0.282. The molecule has 2 unspecified atom stereocenters. The highest BCUT2D eigenvalue weighted by molar-refractivity contribution is 8.02. The van der Waals surface area contributed by atoms with E-state index < -0.39 is 0 Å². The van der Waals surface area contributed by atoms with Gasteiger partial charge in [0.25, 0.3) is 0 Å². The van der Waals surface area contributed by atoms with E-state index in [0.717, 1.165) is 35.8 Å². The molecule has 2 atom stereocenters. The molecule has 0 spiro atoms. The Morgan fingerprint density at radius 2 is 2.42 bits per heavy atom. The van der Waals surface area contributed by atoms with E-state index in [1.165, 1.54) is 6.42 Å². The summed E-state index contributed by atoms with van der Waals surface area (Å²) in [6.07, 6.45) is 4.64. The third-order valence-electron chi connectivity index (χ3n) is 3.60. The van der Waals surface area contributed by atoms with Crippen LogP contribution in [0.4, 0.5) is 0 Å². The zero-order valence-corrected chi connectivity index (χ0v) is 13.5. The van der Waals surface area contributed by atoms with E-state index in [1.807, 2.05) is 19.2 Å². The van der Waals surface area contributed by atoms with E-state index in [1.54, 1.807) is 23.1 Å². The van der Waals surface area contributed by atoms with Gasteiger partial charge in [-0.05, 0) is 39.5 Å². The monoisotopic (exact) mass is 298 g/mol. The summed E-state index contributed by atoms with van der Waals surface area (Å²) in [5, 5.41) is 2.01. The minimum atomic E-state index is -0.0299. The van der Waals surface area contributed by atoms with Gasteiger partial charge in [0.05, 0.1) is 5.25 Å². The van der Waals surface area contributed by atoms with E-state index in [-0.39, 0.29) is 11.2 Å². The van der Waals surface area contributed by atoms with Crippen LogP contribution in [0.1, 0.15) is 45.2 Å². The Bertz CT molecular complexity index is 433. The number of piperidine rings is 1. The standard InChI is InChI=1S/C14H22N2OS2/c1-4-12-7-5-6-8-16(12)13(17)11(3)19-14-15-10(2)9-18-14/h9,11-12H,4-8H2,1-3H3. The fraction of sp³-hybridized carbons (Fsp3) is 0.714. The van der Waals surface area contributed by atoms with Gasteiger partial charge >= 0.3 is 0 Å². The van der Waals surface area contributed by atoms with E-state index in [9.17, 15) is 4.79 Å². The lowest BCUT2D eigenvalue weighted by atomic mass is 10.00. The molecule has 2 rings (SSSR count). The summed E-state index contributed by atoms with van der Waals surface area (Å²) >= 11 is 3.22. The second-order valence-corrected chi connectivity index (χ2v) is 7.55. The van der Waals surface area contributed by atoms with Gasteiger partial charge in [-0.1, -0.05) is 18.7 Å². The fourth-order valence-electron chi connectivity index (χ4n) is 2.54. The topological polar surface area (TPSA) is 33.2 Å². The Kier molecular flexibility index (Phi) is 5.28. The minimum Gasteiger partial charge on any atom is -0.339 e. The molecule has 0 aliphatic carbocycles. The van der Waals surface area contributed by atoms with Gasteiger partial charge in [0.2, 0.25) is 5.91 Å². The van der Waals surface area contributed by atoms with Crippen LogP contribution in [0.5, 0.6) is 0 Å². The quantitative estimate of drug-likeness (QED) is 0.794. The van der Waals surface area contributed by atoms with Gasteiger partial charge in [-0.25, -0.2) is 4.98 Å². The molecule has 1 aromatic rings. The van der Waals surface area contributed by atoms with Crippen molar-refractivity contribution < 1.29 is 4.79 Å². The maximum absolute atomic E-state index is 12.6. The Morgan fingerprint density at radius 3 is 3.05 bits per heavy atom. The second-order valence-electron chi connectivity index (χ2n) is 5.10. The first-order chi connectivity index (χ1) is 9.11. The van der Waals surface area contributed by atoms with Crippen LogP contribution >= 0.6 is 23.1 Å². The summed E-state index contributed by atoms with van der Waals surface area (Å²) in [4.78, 5) is 19.1. The smallest absolute Gasteiger partial charge is 0.236 e. The van der Waals surface area contributed by atoms with Gasteiger partial charge in [0.1, 0.15) is 0 Å². The molecule has 0 saturated carbocycles. The van der Waals surface area contributed by atoms with Crippen LogP contribution < -0.4 is 0 Å². The molecular weight excluding hydrogens is 276 g/mol. The molecule has 5 heteroatoms. The number of thiazole rings is 1. The van der Waals surface area contributed by atoms with Crippen molar-refractivity contribution in [3.63, 3.8) is 0 Å². The molecule has 0 N–H and O–H groups in total. The molecule has 0 aromatic carbocycles. The van der Waals surface area contributed by atoms with Crippen molar-refractivity contribution >= 4 is 29.0 Å². The number of nitrogens with zero attached hydrogens (tertiary/aromatic N) is 2. The molecule has 1 fully saturated rings. The van der Waals surface area contributed by atoms with Crippen molar-refractivity contribution in [3.8, 4) is 0 Å². The first-order valence-corrected chi connectivity index (χ1v) is 8.77. The molecule has 3 nitrogen and oxygen atoms in total. The Hall–Kier alpha value is -0.550. The minimum absolute atomic E-state index is 0.0299. The van der Waals surface area contributed by atoms with E-state index in [4.69, 9.17) is 0 Å². The van der Waals surface area contributed by atoms with E-state index >= 15 is 0 Å². The molecular formula is C14H22N2OS2. The van der Waals surface area contributed by atoms with Crippen molar-refractivity contribution in [2.75, 3.05) is 6.54 Å². The number of carbonyl (C=O) groups excluding carboxylic acids is 1. The average Bonchev–Trinajstić information content (AvgIpc) is 2.83. The largest absolute Gasteiger partial charge is 0.339 e. The fourth-order valence-corrected chi connectivity index (χ4v) is 4.59. The van der Waals surface area contributed by atoms with Crippen molar-refractivity contribution in [2.24, 2.45) is 0 Å². The van der Waals surface area contributed by atoms with Crippen LogP contribution in [0.3, 0.4) is 0 Å². The molecule has 1 amide bonds. The third-order valence-corrected chi connectivity index (χ3v) is 5.78. The molecule has 1 aromatic heterocycles. The van der Waals surface area contributed by atoms with Crippen LogP contribution in [-0.2, 0) is 4.79 Å². The summed E-state index contributed by atoms with van der Waals surface area (Å²) < 4.78 is 1.00. The van der Waals surface area contributed by atoms with Crippen molar-refractivity contribution in [3.05, 3.63) is 11.1 Å². The number of rotatable bonds is 4. The number of aryl methyl sites for hydroxylation is 1. The number of aromatic nitrogens is 1. The van der Waals surface area contributed by atoms with Crippen LogP contribution in [0.2, 0.25) is 0 Å². The number of amides is 1. The molecule has 1 saturated heterocycles. The van der Waals surface area contributed by atoms with E-state index in [0.29, 0.717) is 6.04 Å². The van der Waals surface area contributed by atoms with Gasteiger partial charge < -0.3 is 4.90 Å². The second kappa shape index (κ2) is 6.75. The van der Waals surface area contributed by atoms with Crippen molar-refractivity contribution in [1.29, 1.82) is 0 Å². The highest BCUT2D eigenvalue weighted by Gasteiger charge is 2.29. The highest BCUT2D eigenvalue weighted by Crippen LogP contribution is 2.29. The van der Waals surface area contributed by atoms with Gasteiger partial charge in [-0.3, -0.25) is 4.79 Å². The zero-order chi connectivity index (χ0) is 13.8. The van der Waals surface area contributed by atoms with Gasteiger partial charge in [-0.15, -0.1) is 11.3 Å². The maximum atomic E-state index is 12.6. The third kappa shape index (κ3) is 3.72. The maximum Gasteiger partial charge on any atom is 0.236 e. The first kappa shape index (κ1) is 14.9. The summed E-state index contributed by atoms with van der Waals surface area (Å²) in [6, 6.07) is 0.447. The lowest BCUT2D eigenvalue weighted by Gasteiger charge is -2.36. The summed E-state index contributed by atoms with van der Waals surface area (Å²) in [6.45, 7) is 7.10. The van der Waals surface area contributed by atoms with Crippen molar-refractivity contribution in [1.82, 2.24) is 9.88 Å². The Morgan fingerprint density at radius 1 is 1.63 bits per heavy atom. The van der Waals surface area contributed by atoms with Crippen LogP contribution in [0.15, 0.2) is 9.72 Å². The van der Waals surface area contributed by atoms with E-state index in [2.05, 4.69) is 16.8 Å². The first-order valence-electron chi connectivity index (χ1n) is 7.01. The number of hydrogen-bond acceptors (Lipinski definition) is 4. The summed E-state index contributed by atoms with van der Waals surface area (Å²) in [5.41, 5.74) is 1.04. The number of thioether (sulfide) groups is 1. The van der Waals surface area contributed by atoms with Gasteiger partial charge in [-0.2, -0.15) is 0 Å². The normalized spacial score (nSPS) is 21.4. The SMILES string of the molecule is CCC1CCCCN1C(=O)C(C)Sc1nc(C)cs1. The lowest BCUT2D eigenvalue weighted by molar-refractivity contribution is -0.134. The number of carbonyl (C=O) groups is 1. The highest BCUT2D eigenvalue weighted by atomic mass is 32.2. The van der Waals surface area contributed by atoms with Crippen LogP contribution in [0.25, 0.3) is 0 Å². The van der Waals surface area contributed by atoms with Gasteiger partial charge in [0, 0.05) is 23.7 Å². The predicted molar refractivity (Wildman–Crippen MR) is 81.8 cm³/mol. The molecule has 1 aliphatic rings. The lowest BCUT2D eigenvalue weighted by Crippen LogP contribution is -2.46. The molecule has 1 aliphatic heterocycles. The molecule has 0 bridgehead atoms. The molecule has 19 heavy (non-hydrogen) atoms. The van der Waals surface area contributed by atoms with Crippen LogP contribution in [0, 0.1) is 6.92 Å². The van der Waals surface area contributed by atoms with Gasteiger partial charge in [0.15, 0.2) is 4.34 Å². The molecule has 2 heterocycles. The Labute approximate surface area is 123 Å². The van der Waals surface area contributed by atoms with Crippen LogP contribution in [-0.4, -0.2) is 33.6 Å². The number of hydrogen-bond donors (Lipinski definition) is 0. The Balaban J connectivity index is 1.97. The molecule has 0 radical (unpaired) electrons.